The molecule has 4 aromatic rings. The summed E-state index contributed by atoms with van der Waals surface area (Å²) in [5.74, 6) is 0.722. The van der Waals surface area contributed by atoms with Gasteiger partial charge >= 0.3 is 5.97 Å². The molecule has 5 nitrogen and oxygen atoms in total. The molecule has 3 aromatic carbocycles. The van der Waals surface area contributed by atoms with Gasteiger partial charge in [0.1, 0.15) is 0 Å². The average molecular weight is 669 g/mol. The van der Waals surface area contributed by atoms with Crippen molar-refractivity contribution in [2.75, 3.05) is 19.4 Å². The molecule has 7 heteroatoms. The first-order valence-corrected chi connectivity index (χ1v) is 18.2. The third kappa shape index (κ3) is 8.11. The monoisotopic (exact) mass is 668 g/mol. The number of ether oxygens (including phenoxy) is 1. The molecule has 1 saturated heterocycles. The fourth-order valence-electron chi connectivity index (χ4n) is 7.15. The van der Waals surface area contributed by atoms with Gasteiger partial charge in [-0.2, -0.15) is 11.8 Å². The summed E-state index contributed by atoms with van der Waals surface area (Å²) >= 11 is 8.19. The topological polar surface area (TPSA) is 71.5 Å². The van der Waals surface area contributed by atoms with Gasteiger partial charge in [0, 0.05) is 27.5 Å². The highest BCUT2D eigenvalue weighted by atomic mass is 35.5. The lowest BCUT2D eigenvalue weighted by Crippen LogP contribution is -2.43. The third-order valence-corrected chi connectivity index (χ3v) is 11.7. The van der Waals surface area contributed by atoms with E-state index >= 15 is 0 Å². The van der Waals surface area contributed by atoms with Crippen LogP contribution in [0.5, 0.6) is 0 Å². The fourth-order valence-corrected chi connectivity index (χ4v) is 8.94. The molecule has 2 heterocycles. The van der Waals surface area contributed by atoms with Gasteiger partial charge in [0.2, 0.25) is 0 Å². The van der Waals surface area contributed by atoms with Crippen molar-refractivity contribution in [3.63, 3.8) is 0 Å². The number of rotatable bonds is 13. The molecular formula is C40H45ClN2O3S. The largest absolute Gasteiger partial charge is 0.469 e. The number of nitrogens with one attached hydrogen (secondary N) is 1. The van der Waals surface area contributed by atoms with Crippen molar-refractivity contribution in [3.8, 4) is 0 Å². The van der Waals surface area contributed by atoms with E-state index < -0.39 is 5.60 Å². The Labute approximate surface area is 288 Å². The predicted octanol–water partition coefficient (Wildman–Crippen LogP) is 9.01. The highest BCUT2D eigenvalue weighted by molar-refractivity contribution is 7.99. The normalized spacial score (nSPS) is 18.8. The van der Waals surface area contributed by atoms with Crippen LogP contribution in [0.2, 0.25) is 5.02 Å². The Hall–Kier alpha value is -3.16. The number of hydrogen-bond donors (Lipinski definition) is 2. The third-order valence-electron chi connectivity index (χ3n) is 9.84. The van der Waals surface area contributed by atoms with Crippen LogP contribution >= 0.6 is 23.4 Å². The fraction of sp³-hybridized carbons (Fsp3) is 0.400. The molecule has 0 bridgehead atoms. The average Bonchev–Trinajstić information content (AvgIpc) is 3.65. The minimum absolute atomic E-state index is 0.0365. The summed E-state index contributed by atoms with van der Waals surface area (Å²) in [6, 6.07) is 27.1. The molecule has 0 amide bonds. The van der Waals surface area contributed by atoms with Crippen LogP contribution in [0.4, 0.5) is 0 Å². The van der Waals surface area contributed by atoms with E-state index in [-0.39, 0.29) is 28.6 Å². The highest BCUT2D eigenvalue weighted by Gasteiger charge is 2.56. The summed E-state index contributed by atoms with van der Waals surface area (Å²) < 4.78 is 5.37. The molecule has 1 aromatic heterocycles. The molecule has 3 atom stereocenters. The van der Waals surface area contributed by atoms with Crippen LogP contribution in [-0.4, -0.2) is 41.5 Å². The van der Waals surface area contributed by atoms with Gasteiger partial charge in [-0.25, -0.2) is 4.98 Å². The van der Waals surface area contributed by atoms with Crippen molar-refractivity contribution in [1.82, 2.24) is 10.3 Å². The summed E-state index contributed by atoms with van der Waals surface area (Å²) in [5.41, 5.74) is 5.33. The minimum Gasteiger partial charge on any atom is -0.469 e. The van der Waals surface area contributed by atoms with E-state index in [0.29, 0.717) is 5.02 Å². The first-order chi connectivity index (χ1) is 22.6. The van der Waals surface area contributed by atoms with Crippen molar-refractivity contribution in [2.45, 2.75) is 69.3 Å². The van der Waals surface area contributed by atoms with Crippen LogP contribution < -0.4 is 5.32 Å². The van der Waals surface area contributed by atoms with E-state index in [1.54, 1.807) is 0 Å². The number of esters is 1. The van der Waals surface area contributed by atoms with E-state index in [1.165, 1.54) is 18.2 Å². The van der Waals surface area contributed by atoms with Gasteiger partial charge in [-0.05, 0) is 111 Å². The number of hydrogen-bond acceptors (Lipinski definition) is 6. The summed E-state index contributed by atoms with van der Waals surface area (Å²) in [7, 11) is 1.53. The summed E-state index contributed by atoms with van der Waals surface area (Å²) in [4.78, 5) is 17.9. The quantitative estimate of drug-likeness (QED) is 0.139. The molecule has 2 fully saturated rings. The molecular weight excluding hydrogens is 624 g/mol. The van der Waals surface area contributed by atoms with Gasteiger partial charge in [-0.1, -0.05) is 78.3 Å². The molecule has 2 unspecified atom stereocenters. The number of benzene rings is 3. The number of halogens is 1. The molecule has 6 rings (SSSR count). The standard InChI is InChI=1S/C40H45ClN2O3S/c1-39(2,45)33-11-5-4-9-28(33)16-20-36(47-26-40(21-22-40)37(38(44)46-3)34-12-7-23-42-34)30-10-6-8-27(24-30)13-18-32-19-15-29-14-17-31(41)25-35(29)43-32/h4-6,8-11,13-15,17-19,24-25,34,36-37,42,45H,7,12,16,20-23,26H2,1-3H3/t34?,36-,37?/m1/s1. The number of aryl methyl sites for hydroxylation is 1. The number of nitrogens with zero attached hydrogens (tertiary/aromatic N) is 1. The maximum absolute atomic E-state index is 13.2. The Morgan fingerprint density at radius 3 is 2.66 bits per heavy atom. The highest BCUT2D eigenvalue weighted by Crippen LogP contribution is 2.58. The molecule has 1 aliphatic carbocycles. The van der Waals surface area contributed by atoms with Crippen molar-refractivity contribution >= 4 is 52.4 Å². The lowest BCUT2D eigenvalue weighted by atomic mass is 9.83. The Bertz CT molecular complexity index is 1740. The zero-order valence-electron chi connectivity index (χ0n) is 27.5. The van der Waals surface area contributed by atoms with Gasteiger partial charge in [-0.15, -0.1) is 0 Å². The number of aromatic nitrogens is 1. The second-order valence-corrected chi connectivity index (χ2v) is 15.3. The van der Waals surface area contributed by atoms with E-state index in [9.17, 15) is 9.90 Å². The minimum atomic E-state index is -0.911. The Balaban J connectivity index is 1.25. The zero-order valence-corrected chi connectivity index (χ0v) is 29.1. The predicted molar refractivity (Wildman–Crippen MR) is 196 cm³/mol. The lowest BCUT2D eigenvalue weighted by molar-refractivity contribution is -0.148. The number of pyridine rings is 1. The van der Waals surface area contributed by atoms with Crippen molar-refractivity contribution < 1.29 is 14.6 Å². The van der Waals surface area contributed by atoms with Gasteiger partial charge in [0.25, 0.3) is 0 Å². The maximum atomic E-state index is 13.2. The number of carbonyl (C=O) groups is 1. The number of fused-ring (bicyclic) bond motifs is 1. The Morgan fingerprint density at radius 1 is 1.11 bits per heavy atom. The first kappa shape index (κ1) is 33.7. The molecule has 47 heavy (non-hydrogen) atoms. The maximum Gasteiger partial charge on any atom is 0.310 e. The number of carbonyl (C=O) groups excluding carboxylic acids is 1. The first-order valence-electron chi connectivity index (χ1n) is 16.7. The summed E-state index contributed by atoms with van der Waals surface area (Å²) in [6.07, 6.45) is 10.2. The van der Waals surface area contributed by atoms with Crippen molar-refractivity contribution in [3.05, 3.63) is 112 Å². The van der Waals surface area contributed by atoms with E-state index in [0.717, 1.165) is 78.5 Å². The Kier molecular flexibility index (Phi) is 10.4. The molecule has 1 saturated carbocycles. The molecule has 0 radical (unpaired) electrons. The van der Waals surface area contributed by atoms with Gasteiger partial charge < -0.3 is 15.2 Å². The lowest BCUT2D eigenvalue weighted by Gasteiger charge is -2.31. The van der Waals surface area contributed by atoms with E-state index in [2.05, 4.69) is 59.9 Å². The SMILES string of the molecule is COC(=O)C(C1CCCN1)C1(CS[C@H](CCc2ccccc2C(C)(C)O)c2cccc(C=Cc3ccc4ccc(Cl)cc4n3)c2)CC1. The second-order valence-electron chi connectivity index (χ2n) is 13.7. The van der Waals surface area contributed by atoms with Crippen LogP contribution in [0.3, 0.4) is 0 Å². The van der Waals surface area contributed by atoms with E-state index in [4.69, 9.17) is 21.3 Å². The smallest absolute Gasteiger partial charge is 0.310 e. The summed E-state index contributed by atoms with van der Waals surface area (Å²) in [6.45, 7) is 4.68. The van der Waals surface area contributed by atoms with Crippen LogP contribution in [0, 0.1) is 11.3 Å². The van der Waals surface area contributed by atoms with Gasteiger partial charge in [0.15, 0.2) is 0 Å². The molecule has 246 valence electrons. The molecule has 1 aliphatic heterocycles. The zero-order chi connectivity index (χ0) is 33.0. The molecule has 2 N–H and O–H groups in total. The van der Waals surface area contributed by atoms with Crippen LogP contribution in [-0.2, 0) is 21.6 Å². The van der Waals surface area contributed by atoms with Gasteiger partial charge in [-0.3, -0.25) is 4.79 Å². The molecule has 0 spiro atoms. The van der Waals surface area contributed by atoms with Crippen molar-refractivity contribution in [2.24, 2.45) is 11.3 Å². The number of thioether (sulfide) groups is 1. The van der Waals surface area contributed by atoms with Crippen LogP contribution in [0.1, 0.15) is 79.1 Å². The van der Waals surface area contributed by atoms with E-state index in [1.807, 2.05) is 62.0 Å². The number of methoxy groups -OCH3 is 1. The Morgan fingerprint density at radius 2 is 1.91 bits per heavy atom. The second kappa shape index (κ2) is 14.5. The van der Waals surface area contributed by atoms with Gasteiger partial charge in [0.05, 0.1) is 29.8 Å². The number of aliphatic hydroxyl groups is 1. The van der Waals surface area contributed by atoms with Crippen LogP contribution in [0.25, 0.3) is 23.1 Å². The van der Waals surface area contributed by atoms with Crippen LogP contribution in [0.15, 0.2) is 78.9 Å². The van der Waals surface area contributed by atoms with Crippen molar-refractivity contribution in [1.29, 1.82) is 0 Å². The summed E-state index contributed by atoms with van der Waals surface area (Å²) in [5, 5.41) is 16.5. The molecule has 2 aliphatic rings.